The van der Waals surface area contributed by atoms with E-state index >= 15 is 0 Å². The molecule has 0 saturated heterocycles. The fraction of sp³-hybridized carbons (Fsp3) is 0.200. The standard InChI is InChI=1S/C25H22ClN5O2/c26-22-7-3-6-20(28-22)25(33)27-19-12-18(13-19)21-14-23(31-30-21)29-24(32)11-15-8-9-16-4-1-2-5-17(16)10-15/h1-10,14,18-19H,11-13H2,(H,27,33)(H2,29,30,31,32). The van der Waals surface area contributed by atoms with Crippen molar-refractivity contribution < 1.29 is 9.59 Å². The van der Waals surface area contributed by atoms with Gasteiger partial charge in [-0.05, 0) is 41.3 Å². The van der Waals surface area contributed by atoms with Crippen molar-refractivity contribution in [2.75, 3.05) is 5.32 Å². The lowest BCUT2D eigenvalue weighted by atomic mass is 9.78. The first-order valence-electron chi connectivity index (χ1n) is 10.8. The van der Waals surface area contributed by atoms with E-state index in [0.717, 1.165) is 34.9 Å². The summed E-state index contributed by atoms with van der Waals surface area (Å²) in [6, 6.07) is 21.0. The van der Waals surface area contributed by atoms with Crippen LogP contribution in [0.2, 0.25) is 5.15 Å². The number of carbonyl (C=O) groups excluding carboxylic acids is 2. The quantitative estimate of drug-likeness (QED) is 0.370. The van der Waals surface area contributed by atoms with Crippen LogP contribution < -0.4 is 10.6 Å². The zero-order valence-corrected chi connectivity index (χ0v) is 18.5. The van der Waals surface area contributed by atoms with Crippen LogP contribution in [0.5, 0.6) is 0 Å². The molecule has 1 aliphatic carbocycles. The smallest absolute Gasteiger partial charge is 0.270 e. The lowest BCUT2D eigenvalue weighted by Crippen LogP contribution is -2.43. The first-order chi connectivity index (χ1) is 16.0. The highest BCUT2D eigenvalue weighted by atomic mass is 35.5. The Morgan fingerprint density at radius 3 is 2.64 bits per heavy atom. The summed E-state index contributed by atoms with van der Waals surface area (Å²) in [5.41, 5.74) is 2.21. The molecule has 0 radical (unpaired) electrons. The number of H-pyrrole nitrogens is 1. The number of fused-ring (bicyclic) bond motifs is 1. The van der Waals surface area contributed by atoms with Crippen LogP contribution in [-0.4, -0.2) is 33.0 Å². The molecule has 0 bridgehead atoms. The van der Waals surface area contributed by atoms with Gasteiger partial charge in [-0.2, -0.15) is 5.10 Å². The summed E-state index contributed by atoms with van der Waals surface area (Å²) in [7, 11) is 0. The molecule has 5 rings (SSSR count). The largest absolute Gasteiger partial charge is 0.348 e. The van der Waals surface area contributed by atoms with Gasteiger partial charge >= 0.3 is 0 Å². The maximum absolute atomic E-state index is 12.5. The number of anilines is 1. The molecule has 0 spiro atoms. The number of pyridine rings is 1. The third kappa shape index (κ3) is 4.88. The van der Waals surface area contributed by atoms with Crippen molar-refractivity contribution in [3.8, 4) is 0 Å². The van der Waals surface area contributed by atoms with Crippen molar-refractivity contribution >= 4 is 40.0 Å². The van der Waals surface area contributed by atoms with Crippen LogP contribution >= 0.6 is 11.6 Å². The fourth-order valence-corrected chi connectivity index (χ4v) is 4.28. The number of hydrogen-bond acceptors (Lipinski definition) is 4. The normalized spacial score (nSPS) is 17.4. The van der Waals surface area contributed by atoms with Gasteiger partial charge in [0.1, 0.15) is 10.8 Å². The van der Waals surface area contributed by atoms with Gasteiger partial charge in [-0.15, -0.1) is 0 Å². The zero-order valence-electron chi connectivity index (χ0n) is 17.7. The minimum absolute atomic E-state index is 0.0672. The lowest BCUT2D eigenvalue weighted by Gasteiger charge is -2.34. The number of nitrogens with zero attached hydrogens (tertiary/aromatic N) is 2. The maximum atomic E-state index is 12.5. The third-order valence-electron chi connectivity index (χ3n) is 5.90. The molecule has 7 nitrogen and oxygen atoms in total. The van der Waals surface area contributed by atoms with Gasteiger partial charge in [0.05, 0.1) is 6.42 Å². The van der Waals surface area contributed by atoms with Crippen molar-refractivity contribution in [1.82, 2.24) is 20.5 Å². The molecule has 33 heavy (non-hydrogen) atoms. The number of rotatable bonds is 6. The van der Waals surface area contributed by atoms with E-state index in [1.165, 1.54) is 0 Å². The van der Waals surface area contributed by atoms with Crippen molar-refractivity contribution in [3.05, 3.63) is 88.8 Å². The summed E-state index contributed by atoms with van der Waals surface area (Å²) >= 11 is 5.85. The Kier molecular flexibility index (Phi) is 5.79. The predicted octanol–water partition coefficient (Wildman–Crippen LogP) is 4.47. The van der Waals surface area contributed by atoms with Gasteiger partial charge in [0.15, 0.2) is 5.82 Å². The highest BCUT2D eigenvalue weighted by molar-refractivity contribution is 6.29. The zero-order chi connectivity index (χ0) is 22.8. The monoisotopic (exact) mass is 459 g/mol. The lowest BCUT2D eigenvalue weighted by molar-refractivity contribution is -0.115. The number of halogens is 1. The number of nitrogens with one attached hydrogen (secondary N) is 3. The first kappa shape index (κ1) is 21.2. The van der Waals surface area contributed by atoms with Crippen molar-refractivity contribution in [2.45, 2.75) is 31.2 Å². The van der Waals surface area contributed by atoms with Gasteiger partial charge in [-0.3, -0.25) is 14.7 Å². The van der Waals surface area contributed by atoms with Crippen molar-refractivity contribution in [3.63, 3.8) is 0 Å². The van der Waals surface area contributed by atoms with Crippen LogP contribution in [0.4, 0.5) is 5.82 Å². The van der Waals surface area contributed by atoms with E-state index in [2.05, 4.69) is 31.9 Å². The summed E-state index contributed by atoms with van der Waals surface area (Å²) in [5.74, 6) is 0.413. The number of aromatic nitrogens is 3. The Morgan fingerprint density at radius 2 is 1.82 bits per heavy atom. The Bertz CT molecular complexity index is 1330. The average Bonchev–Trinajstić information content (AvgIpc) is 3.23. The summed E-state index contributed by atoms with van der Waals surface area (Å²) in [4.78, 5) is 28.8. The molecule has 2 heterocycles. The summed E-state index contributed by atoms with van der Waals surface area (Å²) in [6.45, 7) is 0. The van der Waals surface area contributed by atoms with Crippen LogP contribution in [0.1, 0.15) is 40.5 Å². The van der Waals surface area contributed by atoms with Gasteiger partial charge in [0.25, 0.3) is 5.91 Å². The molecule has 1 saturated carbocycles. The van der Waals surface area contributed by atoms with Crippen LogP contribution in [0, 0.1) is 0 Å². The van der Waals surface area contributed by atoms with Crippen molar-refractivity contribution in [1.29, 1.82) is 0 Å². The van der Waals surface area contributed by atoms with E-state index in [1.54, 1.807) is 18.2 Å². The molecule has 166 valence electrons. The summed E-state index contributed by atoms with van der Waals surface area (Å²) in [6.07, 6.45) is 1.86. The van der Waals surface area contributed by atoms with E-state index in [9.17, 15) is 9.59 Å². The topological polar surface area (TPSA) is 99.8 Å². The molecule has 0 aliphatic heterocycles. The number of aromatic amines is 1. The summed E-state index contributed by atoms with van der Waals surface area (Å²) < 4.78 is 0. The van der Waals surface area contributed by atoms with E-state index in [0.29, 0.717) is 16.7 Å². The van der Waals surface area contributed by atoms with Gasteiger partial charge in [0, 0.05) is 23.7 Å². The molecule has 4 aromatic rings. The number of benzene rings is 2. The highest BCUT2D eigenvalue weighted by Crippen LogP contribution is 2.36. The van der Waals surface area contributed by atoms with Gasteiger partial charge < -0.3 is 10.6 Å². The number of amides is 2. The van der Waals surface area contributed by atoms with Crippen LogP contribution in [0.3, 0.4) is 0 Å². The van der Waals surface area contributed by atoms with Gasteiger partial charge in [0.2, 0.25) is 5.91 Å². The SMILES string of the molecule is O=C(Cc1ccc2ccccc2c1)Nc1cc(C2CC(NC(=O)c3cccc(Cl)n3)C2)[nH]n1. The molecular formula is C25H22ClN5O2. The second-order valence-electron chi connectivity index (χ2n) is 8.30. The second-order valence-corrected chi connectivity index (χ2v) is 8.69. The molecule has 2 amide bonds. The maximum Gasteiger partial charge on any atom is 0.270 e. The third-order valence-corrected chi connectivity index (χ3v) is 6.12. The highest BCUT2D eigenvalue weighted by Gasteiger charge is 2.33. The molecular weight excluding hydrogens is 438 g/mol. The molecule has 2 aromatic heterocycles. The Labute approximate surface area is 195 Å². The average molecular weight is 460 g/mol. The van der Waals surface area contributed by atoms with E-state index in [1.807, 2.05) is 42.5 Å². The first-order valence-corrected chi connectivity index (χ1v) is 11.2. The molecule has 0 unspecified atom stereocenters. The fourth-order valence-electron chi connectivity index (χ4n) is 4.11. The molecule has 1 aliphatic rings. The molecule has 0 atom stereocenters. The number of hydrogen-bond donors (Lipinski definition) is 3. The molecule has 1 fully saturated rings. The van der Waals surface area contributed by atoms with E-state index in [-0.39, 0.29) is 30.2 Å². The van der Waals surface area contributed by atoms with Crippen LogP contribution in [0.25, 0.3) is 10.8 Å². The minimum Gasteiger partial charge on any atom is -0.348 e. The summed E-state index contributed by atoms with van der Waals surface area (Å²) in [5, 5.41) is 15.6. The van der Waals surface area contributed by atoms with E-state index < -0.39 is 0 Å². The van der Waals surface area contributed by atoms with Gasteiger partial charge in [-0.25, -0.2) is 4.98 Å². The number of carbonyl (C=O) groups is 2. The molecule has 3 N–H and O–H groups in total. The van der Waals surface area contributed by atoms with Crippen LogP contribution in [0.15, 0.2) is 66.7 Å². The van der Waals surface area contributed by atoms with Crippen molar-refractivity contribution in [2.24, 2.45) is 0 Å². The van der Waals surface area contributed by atoms with Crippen LogP contribution in [-0.2, 0) is 11.2 Å². The minimum atomic E-state index is -0.229. The Morgan fingerprint density at radius 1 is 1.00 bits per heavy atom. The molecule has 8 heteroatoms. The van der Waals surface area contributed by atoms with E-state index in [4.69, 9.17) is 11.6 Å². The predicted molar refractivity (Wildman–Crippen MR) is 127 cm³/mol. The molecule has 2 aromatic carbocycles. The Hall–Kier alpha value is -3.71. The second kappa shape index (κ2) is 9.03. The van der Waals surface area contributed by atoms with Gasteiger partial charge in [-0.1, -0.05) is 60.1 Å². The Balaban J connectivity index is 1.12.